The second kappa shape index (κ2) is 6.44. The third kappa shape index (κ3) is 3.46. The van der Waals surface area contributed by atoms with Crippen molar-refractivity contribution < 1.29 is 4.79 Å². The highest BCUT2D eigenvalue weighted by molar-refractivity contribution is 5.83. The van der Waals surface area contributed by atoms with E-state index < -0.39 is 0 Å². The number of hydrogen-bond acceptors (Lipinski definition) is 2. The van der Waals surface area contributed by atoms with Gasteiger partial charge in [-0.2, -0.15) is 0 Å². The number of hydrogen-bond donors (Lipinski definition) is 1. The Kier molecular flexibility index (Phi) is 5.20. The van der Waals surface area contributed by atoms with Gasteiger partial charge < -0.3 is 5.73 Å². The van der Waals surface area contributed by atoms with Gasteiger partial charge in [-0.25, -0.2) is 0 Å². The number of ketones is 1. The number of Topliss-reactive ketones (excluding diaryl/α,β-unsaturated/α-hetero) is 1. The largest absolute Gasteiger partial charge is 0.330 e. The molecule has 1 aromatic carbocycles. The number of aryl methyl sites for hydroxylation is 1. The molecule has 1 rings (SSSR count). The Morgan fingerprint density at radius 1 is 1.19 bits per heavy atom. The van der Waals surface area contributed by atoms with Crippen LogP contribution >= 0.6 is 0 Å². The van der Waals surface area contributed by atoms with Gasteiger partial charge in [0, 0.05) is 18.9 Å². The summed E-state index contributed by atoms with van der Waals surface area (Å²) in [5, 5.41) is 0. The predicted molar refractivity (Wildman–Crippen MR) is 67.4 cm³/mol. The molecule has 0 fully saturated rings. The third-order valence-corrected chi connectivity index (χ3v) is 3.04. The maximum absolute atomic E-state index is 11.8. The SMILES string of the molecule is CCc1ccc(CC(=O)C(CC)CN)cc1. The molecule has 2 N–H and O–H groups in total. The van der Waals surface area contributed by atoms with Gasteiger partial charge in [-0.05, 0) is 24.0 Å². The van der Waals surface area contributed by atoms with Crippen molar-refractivity contribution in [2.75, 3.05) is 6.54 Å². The molecule has 1 unspecified atom stereocenters. The molecule has 0 aliphatic carbocycles. The fourth-order valence-electron chi connectivity index (χ4n) is 1.76. The zero-order valence-electron chi connectivity index (χ0n) is 10.2. The summed E-state index contributed by atoms with van der Waals surface area (Å²) in [6, 6.07) is 8.26. The summed E-state index contributed by atoms with van der Waals surface area (Å²) in [4.78, 5) is 11.8. The molecular weight excluding hydrogens is 198 g/mol. The molecule has 2 heteroatoms. The summed E-state index contributed by atoms with van der Waals surface area (Å²) >= 11 is 0. The number of carbonyl (C=O) groups is 1. The van der Waals surface area contributed by atoms with Crippen LogP contribution in [-0.4, -0.2) is 12.3 Å². The van der Waals surface area contributed by atoms with E-state index in [1.165, 1.54) is 5.56 Å². The summed E-state index contributed by atoms with van der Waals surface area (Å²) in [5.74, 6) is 0.278. The van der Waals surface area contributed by atoms with Crippen LogP contribution in [0.2, 0.25) is 0 Å². The van der Waals surface area contributed by atoms with Gasteiger partial charge in [-0.1, -0.05) is 38.1 Å². The molecule has 1 aromatic rings. The average molecular weight is 219 g/mol. The zero-order valence-corrected chi connectivity index (χ0v) is 10.2. The van der Waals surface area contributed by atoms with Gasteiger partial charge in [-0.3, -0.25) is 4.79 Å². The summed E-state index contributed by atoms with van der Waals surface area (Å²) in [6.07, 6.45) is 2.39. The summed E-state index contributed by atoms with van der Waals surface area (Å²) < 4.78 is 0. The van der Waals surface area contributed by atoms with E-state index in [1.807, 2.05) is 19.1 Å². The van der Waals surface area contributed by atoms with Crippen LogP contribution < -0.4 is 5.73 Å². The second-order valence-corrected chi connectivity index (χ2v) is 4.15. The molecule has 88 valence electrons. The number of rotatable bonds is 6. The van der Waals surface area contributed by atoms with Crippen LogP contribution in [0.4, 0.5) is 0 Å². The molecule has 0 aliphatic rings. The average Bonchev–Trinajstić information content (AvgIpc) is 2.31. The van der Waals surface area contributed by atoms with Crippen molar-refractivity contribution >= 4 is 5.78 Å². The second-order valence-electron chi connectivity index (χ2n) is 4.15. The van der Waals surface area contributed by atoms with Crippen molar-refractivity contribution in [2.45, 2.75) is 33.1 Å². The van der Waals surface area contributed by atoms with E-state index in [2.05, 4.69) is 19.1 Å². The first-order valence-corrected chi connectivity index (χ1v) is 6.01. The van der Waals surface area contributed by atoms with Crippen LogP contribution in [-0.2, 0) is 17.6 Å². The van der Waals surface area contributed by atoms with E-state index in [0.717, 1.165) is 18.4 Å². The topological polar surface area (TPSA) is 43.1 Å². The van der Waals surface area contributed by atoms with E-state index in [1.54, 1.807) is 0 Å². The van der Waals surface area contributed by atoms with Gasteiger partial charge in [0.1, 0.15) is 5.78 Å². The van der Waals surface area contributed by atoms with Gasteiger partial charge in [-0.15, -0.1) is 0 Å². The van der Waals surface area contributed by atoms with E-state index in [-0.39, 0.29) is 11.7 Å². The first kappa shape index (κ1) is 12.9. The van der Waals surface area contributed by atoms with Gasteiger partial charge in [0.25, 0.3) is 0 Å². The molecule has 0 aromatic heterocycles. The fourth-order valence-corrected chi connectivity index (χ4v) is 1.76. The van der Waals surface area contributed by atoms with E-state index in [9.17, 15) is 4.79 Å². The monoisotopic (exact) mass is 219 g/mol. The minimum atomic E-state index is 0.0193. The lowest BCUT2D eigenvalue weighted by atomic mass is 9.95. The van der Waals surface area contributed by atoms with Crippen LogP contribution in [0.3, 0.4) is 0 Å². The minimum absolute atomic E-state index is 0.0193. The first-order valence-electron chi connectivity index (χ1n) is 6.01. The quantitative estimate of drug-likeness (QED) is 0.798. The van der Waals surface area contributed by atoms with Gasteiger partial charge >= 0.3 is 0 Å². The van der Waals surface area contributed by atoms with Crippen molar-refractivity contribution in [3.8, 4) is 0 Å². The number of carbonyl (C=O) groups excluding carboxylic acids is 1. The Morgan fingerprint density at radius 2 is 1.75 bits per heavy atom. The Hall–Kier alpha value is -1.15. The molecule has 0 bridgehead atoms. The molecule has 16 heavy (non-hydrogen) atoms. The molecule has 0 aliphatic heterocycles. The lowest BCUT2D eigenvalue weighted by molar-refractivity contribution is -0.122. The smallest absolute Gasteiger partial charge is 0.141 e. The maximum Gasteiger partial charge on any atom is 0.141 e. The van der Waals surface area contributed by atoms with E-state index in [4.69, 9.17) is 5.73 Å². The summed E-state index contributed by atoms with van der Waals surface area (Å²) in [7, 11) is 0. The van der Waals surface area contributed by atoms with Crippen molar-refractivity contribution in [2.24, 2.45) is 11.7 Å². The molecule has 0 saturated heterocycles. The van der Waals surface area contributed by atoms with Gasteiger partial charge in [0.05, 0.1) is 0 Å². The van der Waals surface area contributed by atoms with Gasteiger partial charge in [0.15, 0.2) is 0 Å². The van der Waals surface area contributed by atoms with Gasteiger partial charge in [0.2, 0.25) is 0 Å². The molecule has 0 heterocycles. The Bertz CT molecular complexity index is 325. The predicted octanol–water partition coefficient (Wildman–Crippen LogP) is 2.35. The van der Waals surface area contributed by atoms with Crippen LogP contribution in [0.25, 0.3) is 0 Å². The number of benzene rings is 1. The van der Waals surface area contributed by atoms with Crippen molar-refractivity contribution in [3.05, 3.63) is 35.4 Å². The Balaban J connectivity index is 2.62. The highest BCUT2D eigenvalue weighted by atomic mass is 16.1. The van der Waals surface area contributed by atoms with Crippen molar-refractivity contribution in [1.29, 1.82) is 0 Å². The maximum atomic E-state index is 11.8. The molecule has 1 atom stereocenters. The minimum Gasteiger partial charge on any atom is -0.330 e. The molecule has 2 nitrogen and oxygen atoms in total. The molecule has 0 amide bonds. The third-order valence-electron chi connectivity index (χ3n) is 3.04. The van der Waals surface area contributed by atoms with Crippen molar-refractivity contribution in [3.63, 3.8) is 0 Å². The molecule has 0 radical (unpaired) electrons. The molecule has 0 spiro atoms. The van der Waals surface area contributed by atoms with E-state index in [0.29, 0.717) is 13.0 Å². The molecular formula is C14H21NO. The van der Waals surface area contributed by atoms with E-state index >= 15 is 0 Å². The number of nitrogens with two attached hydrogens (primary N) is 1. The van der Waals surface area contributed by atoms with Crippen LogP contribution in [0, 0.1) is 5.92 Å². The summed E-state index contributed by atoms with van der Waals surface area (Å²) in [5.41, 5.74) is 7.96. The van der Waals surface area contributed by atoms with Crippen LogP contribution in [0.1, 0.15) is 31.4 Å². The standard InChI is InChI=1S/C14H21NO/c1-3-11-5-7-12(8-6-11)9-14(16)13(4-2)10-15/h5-8,13H,3-4,9-10,15H2,1-2H3. The lowest BCUT2D eigenvalue weighted by Crippen LogP contribution is -2.24. The highest BCUT2D eigenvalue weighted by Crippen LogP contribution is 2.10. The zero-order chi connectivity index (χ0) is 12.0. The highest BCUT2D eigenvalue weighted by Gasteiger charge is 2.14. The normalized spacial score (nSPS) is 12.4. The Labute approximate surface area is 97.9 Å². The van der Waals surface area contributed by atoms with Crippen LogP contribution in [0.15, 0.2) is 24.3 Å². The first-order chi connectivity index (χ1) is 7.71. The summed E-state index contributed by atoms with van der Waals surface area (Å²) in [6.45, 7) is 4.60. The fraction of sp³-hybridized carbons (Fsp3) is 0.500. The van der Waals surface area contributed by atoms with Crippen molar-refractivity contribution in [1.82, 2.24) is 0 Å². The van der Waals surface area contributed by atoms with Crippen LogP contribution in [0.5, 0.6) is 0 Å². The molecule has 0 saturated carbocycles. The lowest BCUT2D eigenvalue weighted by Gasteiger charge is -2.10. The Morgan fingerprint density at radius 3 is 2.19 bits per heavy atom.